The van der Waals surface area contributed by atoms with Crippen molar-refractivity contribution in [2.45, 2.75) is 131 Å². The summed E-state index contributed by atoms with van der Waals surface area (Å²) in [4.78, 5) is 0. The third kappa shape index (κ3) is 13.2. The quantitative estimate of drug-likeness (QED) is 0.112. The normalized spacial score (nSPS) is 13.3. The lowest BCUT2D eigenvalue weighted by atomic mass is 9.33. The van der Waals surface area contributed by atoms with Crippen LogP contribution in [0, 0.1) is 0 Å². The molecule has 0 spiro atoms. The summed E-state index contributed by atoms with van der Waals surface area (Å²) in [6.07, 6.45) is 0. The molecule has 16 rings (SSSR count). The Bertz CT molecular complexity index is 5780. The summed E-state index contributed by atoms with van der Waals surface area (Å²) in [5, 5.41) is 9.90. The van der Waals surface area contributed by atoms with Crippen molar-refractivity contribution in [1.82, 2.24) is 4.57 Å². The molecule has 7 nitrogen and oxygen atoms in total. The first kappa shape index (κ1) is 67.8. The van der Waals surface area contributed by atoms with E-state index in [1.807, 2.05) is 24.3 Å². The number of para-hydroxylation sites is 1. The molecule has 13 aromatic carbocycles. The standard InChI is InChI=1S/C102H100BN3O4/c1-98(2,3)69-42-43-92-84(58-69)83-36-20-21-41-91(83)106(92)74-59-89-95-90(60-74)105-97-86(94-81(63-30-24-34-77(50-63)109-18)39-27-40-82(94)64-31-25-35-78(51-64)110-19)53-68(66-46-72(101(10,11)12)57-73(47-66)102(13,14)15)55-88(97)103(95)87-54-67(65-44-70(99(4,5)6)56-71(45-65)100(7,8)9)52-85(96(87)104-89)93-79(61-28-22-32-75(48-61)107-16)37-26-38-80(93)62-29-23-33-76(49-62)108-17/h20-60,104-105H,1-19H3/i20D,21D,36D,41D. The van der Waals surface area contributed by atoms with Crippen LogP contribution < -0.4 is 46.0 Å². The van der Waals surface area contributed by atoms with Crippen LogP contribution in [0.5, 0.6) is 23.0 Å². The highest BCUT2D eigenvalue weighted by Gasteiger charge is 2.42. The Hall–Kier alpha value is -11.5. The van der Waals surface area contributed by atoms with E-state index in [-0.39, 0.29) is 51.2 Å². The largest absolute Gasteiger partial charge is 0.497 e. The Labute approximate surface area is 657 Å². The molecule has 0 saturated carbocycles. The number of anilines is 4. The van der Waals surface area contributed by atoms with Gasteiger partial charge in [0.1, 0.15) is 23.0 Å². The summed E-state index contributed by atoms with van der Waals surface area (Å²) in [5.41, 5.74) is 29.3. The van der Waals surface area contributed by atoms with Crippen molar-refractivity contribution >= 4 is 67.7 Å². The minimum absolute atomic E-state index is 0.0893. The highest BCUT2D eigenvalue weighted by Crippen LogP contribution is 2.52. The number of hydrogen-bond donors (Lipinski definition) is 2. The van der Waals surface area contributed by atoms with Gasteiger partial charge in [-0.2, -0.15) is 0 Å². The third-order valence-electron chi connectivity index (χ3n) is 22.6. The van der Waals surface area contributed by atoms with E-state index in [1.54, 1.807) is 28.4 Å². The average molecular weight is 1450 g/mol. The molecular weight excluding hydrogens is 1340 g/mol. The first-order valence-electron chi connectivity index (χ1n) is 40.4. The predicted molar refractivity (Wildman–Crippen MR) is 468 cm³/mol. The first-order chi connectivity index (χ1) is 54.1. The van der Waals surface area contributed by atoms with Gasteiger partial charge in [0, 0.05) is 44.6 Å². The molecule has 0 radical (unpaired) electrons. The molecule has 2 N–H and O–H groups in total. The third-order valence-corrected chi connectivity index (χ3v) is 22.6. The molecule has 2 aliphatic heterocycles. The van der Waals surface area contributed by atoms with E-state index in [0.29, 0.717) is 16.6 Å². The number of fused-ring (bicyclic) bond motifs is 7. The summed E-state index contributed by atoms with van der Waals surface area (Å²) >= 11 is 0. The van der Waals surface area contributed by atoms with Gasteiger partial charge in [0.25, 0.3) is 6.71 Å². The number of rotatable bonds is 13. The molecule has 0 aliphatic carbocycles. The maximum absolute atomic E-state index is 10.1. The number of hydrogen-bond acceptors (Lipinski definition) is 6. The maximum Gasteiger partial charge on any atom is 0.252 e. The van der Waals surface area contributed by atoms with E-state index in [1.165, 1.54) is 22.3 Å². The van der Waals surface area contributed by atoms with Crippen molar-refractivity contribution in [3.63, 3.8) is 0 Å². The lowest BCUT2D eigenvalue weighted by molar-refractivity contribution is 0.415. The first-order valence-corrected chi connectivity index (χ1v) is 38.4. The van der Waals surface area contributed by atoms with Gasteiger partial charge in [-0.1, -0.05) is 262 Å². The van der Waals surface area contributed by atoms with E-state index in [9.17, 15) is 5.48 Å². The van der Waals surface area contributed by atoms with Gasteiger partial charge < -0.3 is 34.1 Å². The Balaban J connectivity index is 1.13. The second kappa shape index (κ2) is 27.3. The van der Waals surface area contributed by atoms with Gasteiger partial charge in [-0.25, -0.2) is 0 Å². The minimum atomic E-state index is -0.520. The van der Waals surface area contributed by atoms with Crippen molar-refractivity contribution in [3.8, 4) is 118 Å². The van der Waals surface area contributed by atoms with Crippen molar-refractivity contribution in [1.29, 1.82) is 0 Å². The van der Waals surface area contributed by atoms with Gasteiger partial charge in [-0.15, -0.1) is 0 Å². The summed E-state index contributed by atoms with van der Waals surface area (Å²) in [6, 6.07) is 81.1. The van der Waals surface area contributed by atoms with Crippen LogP contribution in [0.25, 0.3) is 117 Å². The topological polar surface area (TPSA) is 65.9 Å². The van der Waals surface area contributed by atoms with Gasteiger partial charge in [-0.05, 0) is 240 Å². The Kier molecular flexibility index (Phi) is 16.8. The molecule has 110 heavy (non-hydrogen) atoms. The fourth-order valence-electron chi connectivity index (χ4n) is 16.4. The molecule has 8 heteroatoms. The highest BCUT2D eigenvalue weighted by molar-refractivity contribution is 7.00. The number of nitrogens with one attached hydrogen (secondary N) is 2. The molecule has 14 aromatic rings. The van der Waals surface area contributed by atoms with Crippen LogP contribution in [0.4, 0.5) is 22.7 Å². The molecule has 0 atom stereocenters. The zero-order chi connectivity index (χ0) is 80.7. The Morgan fingerprint density at radius 3 is 1.01 bits per heavy atom. The van der Waals surface area contributed by atoms with E-state index < -0.39 is 6.71 Å². The van der Waals surface area contributed by atoms with Crippen LogP contribution in [0.2, 0.25) is 0 Å². The molecule has 0 fully saturated rings. The molecule has 1 aromatic heterocycles. The summed E-state index contributed by atoms with van der Waals surface area (Å²) < 4.78 is 65.1. The summed E-state index contributed by atoms with van der Waals surface area (Å²) in [7, 11) is 6.89. The molecular formula is C102H100BN3O4. The van der Waals surface area contributed by atoms with Crippen LogP contribution in [0.1, 0.15) is 137 Å². The van der Waals surface area contributed by atoms with Crippen LogP contribution in [0.15, 0.2) is 249 Å². The molecule has 0 amide bonds. The Morgan fingerprint density at radius 2 is 0.655 bits per heavy atom. The zero-order valence-electron chi connectivity index (χ0n) is 71.0. The van der Waals surface area contributed by atoms with Crippen molar-refractivity contribution < 1.29 is 24.4 Å². The molecule has 550 valence electrons. The monoisotopic (exact) mass is 1450 g/mol. The second-order valence-electron chi connectivity index (χ2n) is 35.1. The smallest absolute Gasteiger partial charge is 0.252 e. The molecule has 2 aliphatic rings. The Morgan fingerprint density at radius 1 is 0.309 bits per heavy atom. The number of nitrogens with zero attached hydrogens (tertiary/aromatic N) is 1. The number of ether oxygens (including phenoxy) is 4. The van der Waals surface area contributed by atoms with Crippen molar-refractivity contribution in [3.05, 3.63) is 276 Å². The molecule has 3 heterocycles. The van der Waals surface area contributed by atoms with Gasteiger partial charge in [0.15, 0.2) is 0 Å². The number of aromatic nitrogens is 1. The van der Waals surface area contributed by atoms with Crippen molar-refractivity contribution in [2.75, 3.05) is 39.1 Å². The van der Waals surface area contributed by atoms with Gasteiger partial charge in [-0.3, -0.25) is 0 Å². The van der Waals surface area contributed by atoms with E-state index in [0.717, 1.165) is 168 Å². The lowest BCUT2D eigenvalue weighted by Gasteiger charge is -2.38. The van der Waals surface area contributed by atoms with Crippen LogP contribution in [-0.4, -0.2) is 39.7 Å². The van der Waals surface area contributed by atoms with E-state index >= 15 is 0 Å². The zero-order valence-corrected chi connectivity index (χ0v) is 67.0. The summed E-state index contributed by atoms with van der Waals surface area (Å²) in [5.74, 6) is 2.92. The predicted octanol–water partition coefficient (Wildman–Crippen LogP) is 25.3. The van der Waals surface area contributed by atoms with E-state index in [4.69, 9.17) is 18.9 Å². The van der Waals surface area contributed by atoms with Gasteiger partial charge in [0.05, 0.1) is 50.6 Å². The molecule has 0 bridgehead atoms. The SMILES string of the molecule is [2H]c1c([2H])c([2H])c2c(c1[2H])c1cc(C(C)(C)C)ccc1n2-c1cc2c3c(c1)Nc1c(cc(-c4cc(C(C)(C)C)cc(C(C)(C)C)c4)cc1-c1c(-c4cccc(OC)c4)cccc1-c1cccc(OC)c1)B3c1cc(-c3cc(C(C)(C)C)cc(C(C)(C)C)c3)cc(-c3c(-c4cccc(OC)c4)cccc3-c3cccc(OC)c3)c1N2. The molecule has 0 saturated heterocycles. The van der Waals surface area contributed by atoms with Crippen molar-refractivity contribution in [2.24, 2.45) is 0 Å². The lowest BCUT2D eigenvalue weighted by Crippen LogP contribution is -2.59. The maximum atomic E-state index is 10.1. The fraction of sp³-hybridized carbons (Fsp3) is 0.235. The van der Waals surface area contributed by atoms with Crippen LogP contribution in [0.3, 0.4) is 0 Å². The van der Waals surface area contributed by atoms with Crippen LogP contribution in [-0.2, 0) is 27.1 Å². The second-order valence-corrected chi connectivity index (χ2v) is 35.1. The minimum Gasteiger partial charge on any atom is -0.497 e. The van der Waals surface area contributed by atoms with Gasteiger partial charge >= 0.3 is 0 Å². The number of methoxy groups -OCH3 is 4. The summed E-state index contributed by atoms with van der Waals surface area (Å²) in [6.45, 7) is 33.7. The molecule has 0 unspecified atom stereocenters. The average Bonchev–Trinajstić information content (AvgIpc) is 1.09. The number of benzene rings is 13. The van der Waals surface area contributed by atoms with Crippen LogP contribution >= 0.6 is 0 Å². The van der Waals surface area contributed by atoms with E-state index in [2.05, 4.69) is 319 Å². The highest BCUT2D eigenvalue weighted by atomic mass is 16.5. The van der Waals surface area contributed by atoms with Gasteiger partial charge in [0.2, 0.25) is 0 Å². The fourth-order valence-corrected chi connectivity index (χ4v) is 16.4.